The van der Waals surface area contributed by atoms with Crippen molar-refractivity contribution >= 4 is 11.4 Å². The quantitative estimate of drug-likeness (QED) is 0.856. The van der Waals surface area contributed by atoms with Gasteiger partial charge >= 0.3 is 0 Å². The van der Waals surface area contributed by atoms with E-state index >= 15 is 0 Å². The Morgan fingerprint density at radius 1 is 0.958 bits per heavy atom. The number of nitrogen functional groups attached to an aromatic ring is 1. The molecule has 1 heterocycles. The van der Waals surface area contributed by atoms with Gasteiger partial charge in [0.05, 0.1) is 18.5 Å². The lowest BCUT2D eigenvalue weighted by molar-refractivity contribution is 0.305. The first-order valence-electron chi connectivity index (χ1n) is 8.24. The molecule has 1 fully saturated rings. The van der Waals surface area contributed by atoms with Gasteiger partial charge in [0.2, 0.25) is 0 Å². The first-order valence-corrected chi connectivity index (χ1v) is 8.24. The molecular formula is C19H25N3O2. The SMILES string of the molecule is COc1ccc(COc2ccc(N3CCN(C)CC3)c(N)c2)cc1. The first-order chi connectivity index (χ1) is 11.7. The molecule has 2 N–H and O–H groups in total. The second-order valence-corrected chi connectivity index (χ2v) is 6.15. The zero-order valence-electron chi connectivity index (χ0n) is 14.4. The highest BCUT2D eigenvalue weighted by Gasteiger charge is 2.16. The summed E-state index contributed by atoms with van der Waals surface area (Å²) in [5.74, 6) is 1.64. The van der Waals surface area contributed by atoms with Gasteiger partial charge in [-0.3, -0.25) is 0 Å². The number of benzene rings is 2. The minimum Gasteiger partial charge on any atom is -0.497 e. The van der Waals surface area contributed by atoms with E-state index < -0.39 is 0 Å². The minimum atomic E-state index is 0.511. The number of nitrogens with zero attached hydrogens (tertiary/aromatic N) is 2. The van der Waals surface area contributed by atoms with E-state index in [1.807, 2.05) is 36.4 Å². The summed E-state index contributed by atoms with van der Waals surface area (Å²) in [6.07, 6.45) is 0. The van der Waals surface area contributed by atoms with Crippen molar-refractivity contribution in [1.29, 1.82) is 0 Å². The molecule has 2 aromatic rings. The number of piperazine rings is 1. The van der Waals surface area contributed by atoms with Gasteiger partial charge in [-0.15, -0.1) is 0 Å². The molecule has 128 valence electrons. The van der Waals surface area contributed by atoms with E-state index in [-0.39, 0.29) is 0 Å². The van der Waals surface area contributed by atoms with Crippen molar-refractivity contribution in [3.05, 3.63) is 48.0 Å². The van der Waals surface area contributed by atoms with E-state index in [0.29, 0.717) is 6.61 Å². The highest BCUT2D eigenvalue weighted by molar-refractivity contribution is 5.69. The Morgan fingerprint density at radius 3 is 2.25 bits per heavy atom. The maximum atomic E-state index is 6.24. The fraction of sp³-hybridized carbons (Fsp3) is 0.368. The van der Waals surface area contributed by atoms with Crippen molar-refractivity contribution in [3.63, 3.8) is 0 Å². The van der Waals surface area contributed by atoms with E-state index in [4.69, 9.17) is 15.2 Å². The summed E-state index contributed by atoms with van der Waals surface area (Å²) in [5, 5.41) is 0. The van der Waals surface area contributed by atoms with Crippen LogP contribution >= 0.6 is 0 Å². The molecule has 3 rings (SSSR count). The van der Waals surface area contributed by atoms with Crippen LogP contribution in [0.2, 0.25) is 0 Å². The lowest BCUT2D eigenvalue weighted by atomic mass is 10.2. The van der Waals surface area contributed by atoms with Crippen LogP contribution in [0.15, 0.2) is 42.5 Å². The number of ether oxygens (including phenoxy) is 2. The van der Waals surface area contributed by atoms with Crippen molar-refractivity contribution in [2.24, 2.45) is 0 Å². The number of likely N-dealkylation sites (N-methyl/N-ethyl adjacent to an activating group) is 1. The predicted octanol–water partition coefficient (Wildman–Crippen LogP) is 2.61. The van der Waals surface area contributed by atoms with Crippen LogP contribution in [-0.2, 0) is 6.61 Å². The molecule has 0 unspecified atom stereocenters. The molecule has 5 nitrogen and oxygen atoms in total. The smallest absolute Gasteiger partial charge is 0.122 e. The summed E-state index contributed by atoms with van der Waals surface area (Å²) >= 11 is 0. The maximum Gasteiger partial charge on any atom is 0.122 e. The zero-order valence-corrected chi connectivity index (χ0v) is 14.4. The molecule has 1 saturated heterocycles. The lowest BCUT2D eigenvalue weighted by Crippen LogP contribution is -2.44. The summed E-state index contributed by atoms with van der Waals surface area (Å²) in [6, 6.07) is 13.8. The second kappa shape index (κ2) is 7.45. The Hall–Kier alpha value is -2.40. The van der Waals surface area contributed by atoms with Gasteiger partial charge in [-0.2, -0.15) is 0 Å². The van der Waals surface area contributed by atoms with Crippen molar-refractivity contribution in [1.82, 2.24) is 4.90 Å². The Labute approximate surface area is 143 Å². The number of hydrogen-bond acceptors (Lipinski definition) is 5. The molecule has 24 heavy (non-hydrogen) atoms. The van der Waals surface area contributed by atoms with Crippen LogP contribution < -0.4 is 20.1 Å². The van der Waals surface area contributed by atoms with Crippen LogP contribution in [0.25, 0.3) is 0 Å². The Bertz CT molecular complexity index is 665. The number of rotatable bonds is 5. The summed E-state index contributed by atoms with van der Waals surface area (Å²) in [7, 11) is 3.81. The van der Waals surface area contributed by atoms with Gasteiger partial charge in [0.15, 0.2) is 0 Å². The normalized spacial score (nSPS) is 15.3. The fourth-order valence-electron chi connectivity index (χ4n) is 2.85. The van der Waals surface area contributed by atoms with Crippen molar-refractivity contribution < 1.29 is 9.47 Å². The Kier molecular flexibility index (Phi) is 5.11. The zero-order chi connectivity index (χ0) is 16.9. The molecular weight excluding hydrogens is 302 g/mol. The molecule has 5 heteroatoms. The van der Waals surface area contributed by atoms with E-state index in [0.717, 1.165) is 54.6 Å². The van der Waals surface area contributed by atoms with Crippen molar-refractivity contribution in [2.75, 3.05) is 51.0 Å². The molecule has 0 saturated carbocycles. The van der Waals surface area contributed by atoms with E-state index in [2.05, 4.69) is 22.9 Å². The third-order valence-electron chi connectivity index (χ3n) is 4.41. The van der Waals surface area contributed by atoms with Gasteiger partial charge in [-0.1, -0.05) is 12.1 Å². The monoisotopic (exact) mass is 327 g/mol. The van der Waals surface area contributed by atoms with E-state index in [9.17, 15) is 0 Å². The van der Waals surface area contributed by atoms with Gasteiger partial charge < -0.3 is 25.0 Å². The first kappa shape index (κ1) is 16.5. The summed E-state index contributed by atoms with van der Waals surface area (Å²) in [5.41, 5.74) is 9.20. The highest BCUT2D eigenvalue weighted by Crippen LogP contribution is 2.29. The number of nitrogens with two attached hydrogens (primary N) is 1. The molecule has 1 aliphatic rings. The molecule has 0 atom stereocenters. The third kappa shape index (κ3) is 3.92. The third-order valence-corrected chi connectivity index (χ3v) is 4.41. The average Bonchev–Trinajstić information content (AvgIpc) is 2.61. The van der Waals surface area contributed by atoms with Crippen LogP contribution in [-0.4, -0.2) is 45.2 Å². The lowest BCUT2D eigenvalue weighted by Gasteiger charge is -2.34. The Morgan fingerprint density at radius 2 is 1.62 bits per heavy atom. The largest absolute Gasteiger partial charge is 0.497 e. The van der Waals surface area contributed by atoms with Gasteiger partial charge in [0.25, 0.3) is 0 Å². The molecule has 0 amide bonds. The van der Waals surface area contributed by atoms with Crippen molar-refractivity contribution in [2.45, 2.75) is 6.61 Å². The predicted molar refractivity (Wildman–Crippen MR) is 97.9 cm³/mol. The molecule has 1 aliphatic heterocycles. The van der Waals surface area contributed by atoms with Crippen LogP contribution in [0, 0.1) is 0 Å². The topological polar surface area (TPSA) is 51.0 Å². The molecule has 0 aromatic heterocycles. The van der Waals surface area contributed by atoms with Crippen LogP contribution in [0.3, 0.4) is 0 Å². The number of methoxy groups -OCH3 is 1. The summed E-state index contributed by atoms with van der Waals surface area (Å²) in [6.45, 7) is 4.65. The Balaban J connectivity index is 1.61. The molecule has 0 aliphatic carbocycles. The maximum absolute atomic E-state index is 6.24. The number of hydrogen-bond donors (Lipinski definition) is 1. The summed E-state index contributed by atoms with van der Waals surface area (Å²) < 4.78 is 11.0. The van der Waals surface area contributed by atoms with E-state index in [1.54, 1.807) is 7.11 Å². The average molecular weight is 327 g/mol. The molecule has 0 bridgehead atoms. The highest BCUT2D eigenvalue weighted by atomic mass is 16.5. The standard InChI is InChI=1S/C19H25N3O2/c1-21-9-11-22(12-10-21)19-8-7-17(13-18(19)20)24-14-15-3-5-16(23-2)6-4-15/h3-8,13H,9-12,14,20H2,1-2H3. The van der Waals surface area contributed by atoms with Gasteiger partial charge in [-0.05, 0) is 36.9 Å². The minimum absolute atomic E-state index is 0.511. The van der Waals surface area contributed by atoms with Crippen LogP contribution in [0.5, 0.6) is 11.5 Å². The number of anilines is 2. The van der Waals surface area contributed by atoms with Gasteiger partial charge in [-0.25, -0.2) is 0 Å². The summed E-state index contributed by atoms with van der Waals surface area (Å²) in [4.78, 5) is 4.67. The molecule has 2 aromatic carbocycles. The van der Waals surface area contributed by atoms with E-state index in [1.165, 1.54) is 0 Å². The molecule has 0 radical (unpaired) electrons. The van der Waals surface area contributed by atoms with Gasteiger partial charge in [0.1, 0.15) is 18.1 Å². The second-order valence-electron chi connectivity index (χ2n) is 6.15. The fourth-order valence-corrected chi connectivity index (χ4v) is 2.85. The van der Waals surface area contributed by atoms with Crippen LogP contribution in [0.1, 0.15) is 5.56 Å². The van der Waals surface area contributed by atoms with Crippen molar-refractivity contribution in [3.8, 4) is 11.5 Å². The molecule has 0 spiro atoms. The van der Waals surface area contributed by atoms with Crippen LogP contribution in [0.4, 0.5) is 11.4 Å². The van der Waals surface area contributed by atoms with Gasteiger partial charge in [0, 0.05) is 32.2 Å².